The zero-order chi connectivity index (χ0) is 17.7. The molecule has 3 nitrogen and oxygen atoms in total. The number of hydrogen-bond acceptors (Lipinski definition) is 3. The van der Waals surface area contributed by atoms with E-state index >= 15 is 0 Å². The smallest absolute Gasteiger partial charge is 0.399 e. The summed E-state index contributed by atoms with van der Waals surface area (Å²) >= 11 is 0. The van der Waals surface area contributed by atoms with Gasteiger partial charge in [0.1, 0.15) is 0 Å². The second-order valence-electron chi connectivity index (χ2n) is 7.75. The van der Waals surface area contributed by atoms with E-state index in [-0.39, 0.29) is 18.3 Å². The number of hydrogen-bond donors (Lipinski definition) is 0. The minimum atomic E-state index is -0.319. The maximum atomic E-state index is 6.16. The Labute approximate surface area is 145 Å². The molecule has 0 saturated carbocycles. The van der Waals surface area contributed by atoms with Crippen LogP contribution in [0.4, 0.5) is 0 Å². The Kier molecular flexibility index (Phi) is 4.09. The summed E-state index contributed by atoms with van der Waals surface area (Å²) in [6, 6.07) is 10.6. The number of benzene rings is 1. The van der Waals surface area contributed by atoms with Gasteiger partial charge >= 0.3 is 7.12 Å². The molecule has 0 radical (unpaired) electrons. The minimum absolute atomic E-state index is 0.318. The Bertz CT molecular complexity index is 767. The molecule has 2 heterocycles. The molecular weight excluding hydrogens is 297 g/mol. The van der Waals surface area contributed by atoms with Gasteiger partial charge in [0, 0.05) is 17.0 Å². The summed E-state index contributed by atoms with van der Waals surface area (Å²) in [6.07, 6.45) is 0. The van der Waals surface area contributed by atoms with Crippen LogP contribution in [0.2, 0.25) is 0 Å². The second kappa shape index (κ2) is 5.71. The van der Waals surface area contributed by atoms with E-state index in [1.165, 1.54) is 16.7 Å². The first-order chi connectivity index (χ1) is 11.1. The number of aromatic nitrogens is 1. The van der Waals surface area contributed by atoms with Gasteiger partial charge in [0.25, 0.3) is 0 Å². The van der Waals surface area contributed by atoms with Gasteiger partial charge in [-0.1, -0.05) is 24.3 Å². The van der Waals surface area contributed by atoms with Crippen LogP contribution in [0.3, 0.4) is 0 Å². The first kappa shape index (κ1) is 17.2. The van der Waals surface area contributed by atoms with Crippen molar-refractivity contribution in [1.29, 1.82) is 0 Å². The van der Waals surface area contributed by atoms with Crippen molar-refractivity contribution in [2.24, 2.45) is 0 Å². The van der Waals surface area contributed by atoms with Crippen LogP contribution in [-0.4, -0.2) is 23.3 Å². The molecule has 0 N–H and O–H groups in total. The van der Waals surface area contributed by atoms with Gasteiger partial charge in [0.05, 0.1) is 11.2 Å². The first-order valence-corrected chi connectivity index (χ1v) is 8.51. The van der Waals surface area contributed by atoms with Crippen LogP contribution in [0.15, 0.2) is 30.3 Å². The predicted octanol–water partition coefficient (Wildman–Crippen LogP) is 3.97. The molecule has 0 spiro atoms. The highest BCUT2D eigenvalue weighted by Gasteiger charge is 2.51. The molecule has 1 saturated heterocycles. The maximum Gasteiger partial charge on any atom is 0.494 e. The largest absolute Gasteiger partial charge is 0.494 e. The Hall–Kier alpha value is -1.65. The van der Waals surface area contributed by atoms with Crippen LogP contribution in [0.25, 0.3) is 11.1 Å². The van der Waals surface area contributed by atoms with Crippen LogP contribution in [0.1, 0.15) is 44.6 Å². The summed E-state index contributed by atoms with van der Waals surface area (Å²) in [7, 11) is -0.319. The standard InChI is InChI=1S/C20H26BNO2/c1-13-12-16(21-23-19(4,5)20(6,7)24-21)9-11-17(13)18-10-8-14(2)22-15(18)3/h8-12H,1-7H3. The van der Waals surface area contributed by atoms with E-state index in [0.29, 0.717) is 0 Å². The van der Waals surface area contributed by atoms with Crippen LogP contribution in [0.5, 0.6) is 0 Å². The van der Waals surface area contributed by atoms with Crippen molar-refractivity contribution in [2.45, 2.75) is 59.7 Å². The van der Waals surface area contributed by atoms with Crippen molar-refractivity contribution < 1.29 is 9.31 Å². The quantitative estimate of drug-likeness (QED) is 0.784. The van der Waals surface area contributed by atoms with E-state index in [9.17, 15) is 0 Å². The third-order valence-corrected chi connectivity index (χ3v) is 5.29. The summed E-state index contributed by atoms with van der Waals surface area (Å²) < 4.78 is 12.3. The number of nitrogens with zero attached hydrogens (tertiary/aromatic N) is 1. The zero-order valence-electron chi connectivity index (χ0n) is 15.7. The Morgan fingerprint density at radius 3 is 1.96 bits per heavy atom. The summed E-state index contributed by atoms with van der Waals surface area (Å²) in [6.45, 7) is 14.5. The lowest BCUT2D eigenvalue weighted by molar-refractivity contribution is 0.00578. The lowest BCUT2D eigenvalue weighted by Crippen LogP contribution is -2.41. The number of aryl methyl sites for hydroxylation is 3. The molecule has 1 fully saturated rings. The van der Waals surface area contributed by atoms with E-state index in [2.05, 4.69) is 76.9 Å². The second-order valence-corrected chi connectivity index (χ2v) is 7.75. The number of pyridine rings is 1. The Balaban J connectivity index is 1.94. The molecule has 2 aromatic rings. The molecule has 126 valence electrons. The molecule has 1 aliphatic rings. The summed E-state index contributed by atoms with van der Waals surface area (Å²) in [5, 5.41) is 0. The van der Waals surface area contributed by atoms with Gasteiger partial charge in [-0.25, -0.2) is 0 Å². The summed E-state index contributed by atoms with van der Waals surface area (Å²) in [4.78, 5) is 4.58. The molecule has 0 bridgehead atoms. The van der Waals surface area contributed by atoms with E-state index in [1.807, 2.05) is 6.92 Å². The average molecular weight is 323 g/mol. The van der Waals surface area contributed by atoms with Crippen molar-refractivity contribution in [3.8, 4) is 11.1 Å². The third kappa shape index (κ3) is 2.89. The Morgan fingerprint density at radius 1 is 0.833 bits per heavy atom. The van der Waals surface area contributed by atoms with Crippen molar-refractivity contribution in [3.63, 3.8) is 0 Å². The van der Waals surface area contributed by atoms with Gasteiger partial charge < -0.3 is 9.31 Å². The monoisotopic (exact) mass is 323 g/mol. The first-order valence-electron chi connectivity index (χ1n) is 8.51. The fraction of sp³-hybridized carbons (Fsp3) is 0.450. The van der Waals surface area contributed by atoms with Gasteiger partial charge in [-0.15, -0.1) is 0 Å². The molecule has 0 amide bonds. The fourth-order valence-electron chi connectivity index (χ4n) is 3.09. The van der Waals surface area contributed by atoms with Crippen molar-refractivity contribution >= 4 is 12.6 Å². The van der Waals surface area contributed by atoms with Crippen molar-refractivity contribution in [2.75, 3.05) is 0 Å². The highest BCUT2D eigenvalue weighted by molar-refractivity contribution is 6.62. The summed E-state index contributed by atoms with van der Waals surface area (Å²) in [5.41, 5.74) is 6.12. The molecule has 0 atom stereocenters. The molecule has 1 aromatic carbocycles. The van der Waals surface area contributed by atoms with Crippen LogP contribution in [0, 0.1) is 20.8 Å². The van der Waals surface area contributed by atoms with E-state index in [0.717, 1.165) is 16.9 Å². The van der Waals surface area contributed by atoms with E-state index in [1.54, 1.807) is 0 Å². The van der Waals surface area contributed by atoms with Gasteiger partial charge in [-0.05, 0) is 71.1 Å². The predicted molar refractivity (Wildman–Crippen MR) is 99.6 cm³/mol. The van der Waals surface area contributed by atoms with Gasteiger partial charge in [0.15, 0.2) is 0 Å². The van der Waals surface area contributed by atoms with Gasteiger partial charge in [0.2, 0.25) is 0 Å². The highest BCUT2D eigenvalue weighted by Crippen LogP contribution is 2.36. The highest BCUT2D eigenvalue weighted by atomic mass is 16.7. The average Bonchev–Trinajstić information content (AvgIpc) is 2.68. The van der Waals surface area contributed by atoms with Crippen LogP contribution >= 0.6 is 0 Å². The van der Waals surface area contributed by atoms with Crippen molar-refractivity contribution in [3.05, 3.63) is 47.3 Å². The molecule has 0 aliphatic carbocycles. The molecular formula is C20H26BNO2. The topological polar surface area (TPSA) is 31.4 Å². The van der Waals surface area contributed by atoms with Crippen LogP contribution < -0.4 is 5.46 Å². The lowest BCUT2D eigenvalue weighted by Gasteiger charge is -2.32. The minimum Gasteiger partial charge on any atom is -0.399 e. The van der Waals surface area contributed by atoms with Gasteiger partial charge in [-0.2, -0.15) is 0 Å². The van der Waals surface area contributed by atoms with Gasteiger partial charge in [-0.3, -0.25) is 4.98 Å². The fourth-order valence-corrected chi connectivity index (χ4v) is 3.09. The van der Waals surface area contributed by atoms with Crippen LogP contribution in [-0.2, 0) is 9.31 Å². The molecule has 1 aliphatic heterocycles. The van der Waals surface area contributed by atoms with E-state index in [4.69, 9.17) is 9.31 Å². The molecule has 24 heavy (non-hydrogen) atoms. The van der Waals surface area contributed by atoms with Crippen molar-refractivity contribution in [1.82, 2.24) is 4.98 Å². The normalized spacial score (nSPS) is 18.9. The molecule has 4 heteroatoms. The molecule has 3 rings (SSSR count). The SMILES string of the molecule is Cc1ccc(-c2ccc(B3OC(C)(C)C(C)(C)O3)cc2C)c(C)n1. The zero-order valence-corrected chi connectivity index (χ0v) is 15.7. The molecule has 1 aromatic heterocycles. The van der Waals surface area contributed by atoms with E-state index < -0.39 is 0 Å². The lowest BCUT2D eigenvalue weighted by atomic mass is 9.77. The Morgan fingerprint density at radius 2 is 1.42 bits per heavy atom. The number of rotatable bonds is 2. The summed E-state index contributed by atoms with van der Waals surface area (Å²) in [5.74, 6) is 0. The maximum absolute atomic E-state index is 6.16. The molecule has 0 unspecified atom stereocenters. The third-order valence-electron chi connectivity index (χ3n) is 5.29.